The van der Waals surface area contributed by atoms with Crippen molar-refractivity contribution < 1.29 is 23.7 Å². The zero-order valence-electron chi connectivity index (χ0n) is 16.5. The van der Waals surface area contributed by atoms with Crippen LogP contribution >= 0.6 is 11.6 Å². The van der Waals surface area contributed by atoms with Gasteiger partial charge in [-0.25, -0.2) is 0 Å². The normalized spacial score (nSPS) is 20.1. The minimum Gasteiger partial charge on any atom is -0.497 e. The van der Waals surface area contributed by atoms with Gasteiger partial charge in [0, 0.05) is 24.2 Å². The highest BCUT2D eigenvalue weighted by molar-refractivity contribution is 6.32. The summed E-state index contributed by atoms with van der Waals surface area (Å²) in [5.74, 6) is 2.12. The number of halogens is 1. The maximum absolute atomic E-state index is 12.2. The molecule has 0 aliphatic carbocycles. The van der Waals surface area contributed by atoms with E-state index in [1.807, 2.05) is 24.3 Å². The van der Waals surface area contributed by atoms with Crippen molar-refractivity contribution in [2.75, 3.05) is 34.0 Å². The van der Waals surface area contributed by atoms with Crippen LogP contribution < -0.4 is 19.5 Å². The Kier molecular flexibility index (Phi) is 5.83. The Hall–Kier alpha value is -2.44. The first-order valence-electron chi connectivity index (χ1n) is 9.66. The largest absolute Gasteiger partial charge is 0.497 e. The number of nitrogens with one attached hydrogen (secondary N) is 1. The maximum atomic E-state index is 12.2. The fraction of sp³-hybridized carbons (Fsp3) is 0.409. The van der Waals surface area contributed by atoms with E-state index in [1.54, 1.807) is 14.2 Å². The van der Waals surface area contributed by atoms with Gasteiger partial charge in [-0.05, 0) is 42.3 Å². The van der Waals surface area contributed by atoms with Crippen LogP contribution in [0.2, 0.25) is 5.02 Å². The summed E-state index contributed by atoms with van der Waals surface area (Å²) in [5.41, 5.74) is 2.84. The van der Waals surface area contributed by atoms with E-state index in [2.05, 4.69) is 11.4 Å². The number of carbonyl (C=O) groups is 1. The molecular weight excluding hydrogens is 394 g/mol. The van der Waals surface area contributed by atoms with E-state index in [0.717, 1.165) is 34.6 Å². The monoisotopic (exact) mass is 417 g/mol. The van der Waals surface area contributed by atoms with Gasteiger partial charge in [0.05, 0.1) is 38.3 Å². The molecule has 4 rings (SSSR count). The predicted octanol–water partition coefficient (Wildman–Crippen LogP) is 3.48. The Labute approximate surface area is 175 Å². The Morgan fingerprint density at radius 3 is 2.83 bits per heavy atom. The summed E-state index contributed by atoms with van der Waals surface area (Å²) < 4.78 is 22.1. The molecule has 2 aliphatic heterocycles. The number of rotatable bonds is 6. The number of fused-ring (bicyclic) bond motifs is 1. The molecule has 1 saturated heterocycles. The number of hydrogen-bond donors (Lipinski definition) is 1. The summed E-state index contributed by atoms with van der Waals surface area (Å²) in [6.45, 7) is 1.59. The highest BCUT2D eigenvalue weighted by Gasteiger charge is 2.29. The fourth-order valence-electron chi connectivity index (χ4n) is 3.80. The average Bonchev–Trinajstić information content (AvgIpc) is 3.41. The molecule has 2 heterocycles. The second-order valence-electron chi connectivity index (χ2n) is 7.26. The average molecular weight is 418 g/mol. The third kappa shape index (κ3) is 4.14. The minimum absolute atomic E-state index is 0.0231. The molecule has 0 spiro atoms. The van der Waals surface area contributed by atoms with Crippen LogP contribution in [0.25, 0.3) is 11.1 Å². The third-order valence-corrected chi connectivity index (χ3v) is 5.66. The van der Waals surface area contributed by atoms with Crippen molar-refractivity contribution in [2.45, 2.75) is 18.9 Å². The van der Waals surface area contributed by atoms with Gasteiger partial charge in [-0.1, -0.05) is 11.6 Å². The van der Waals surface area contributed by atoms with Gasteiger partial charge in [0.15, 0.2) is 0 Å². The van der Waals surface area contributed by atoms with Crippen molar-refractivity contribution in [3.63, 3.8) is 0 Å². The quantitative estimate of drug-likeness (QED) is 0.779. The van der Waals surface area contributed by atoms with Crippen molar-refractivity contribution >= 4 is 17.5 Å². The third-order valence-electron chi connectivity index (χ3n) is 5.37. The minimum atomic E-state index is -0.142. The van der Waals surface area contributed by atoms with Gasteiger partial charge in [0.25, 0.3) is 0 Å². The van der Waals surface area contributed by atoms with Crippen LogP contribution in [0.15, 0.2) is 30.3 Å². The Morgan fingerprint density at radius 2 is 2.10 bits per heavy atom. The summed E-state index contributed by atoms with van der Waals surface area (Å²) in [6.07, 6.45) is 1.31. The number of carbonyl (C=O) groups excluding carboxylic acids is 1. The maximum Gasteiger partial charge on any atom is 0.225 e. The van der Waals surface area contributed by atoms with Crippen molar-refractivity contribution in [1.29, 1.82) is 0 Å². The van der Waals surface area contributed by atoms with Crippen LogP contribution in [-0.4, -0.2) is 46.0 Å². The lowest BCUT2D eigenvalue weighted by Gasteiger charge is -2.14. The first kappa shape index (κ1) is 19.9. The van der Waals surface area contributed by atoms with Crippen LogP contribution in [0.1, 0.15) is 12.0 Å². The Balaban J connectivity index is 1.50. The molecule has 0 aromatic heterocycles. The van der Waals surface area contributed by atoms with Crippen molar-refractivity contribution in [3.05, 3.63) is 40.9 Å². The van der Waals surface area contributed by atoms with Gasteiger partial charge in [-0.2, -0.15) is 0 Å². The van der Waals surface area contributed by atoms with E-state index in [0.29, 0.717) is 37.0 Å². The molecule has 1 fully saturated rings. The molecule has 0 radical (unpaired) electrons. The molecular formula is C22H24ClNO5. The summed E-state index contributed by atoms with van der Waals surface area (Å²) in [5, 5.41) is 3.52. The predicted molar refractivity (Wildman–Crippen MR) is 110 cm³/mol. The van der Waals surface area contributed by atoms with Crippen molar-refractivity contribution in [1.82, 2.24) is 5.32 Å². The first-order chi connectivity index (χ1) is 14.1. The first-order valence-corrected chi connectivity index (χ1v) is 10.0. The Bertz CT molecular complexity index is 910. The fourth-order valence-corrected chi connectivity index (χ4v) is 4.08. The molecule has 29 heavy (non-hydrogen) atoms. The van der Waals surface area contributed by atoms with Crippen molar-refractivity contribution in [2.24, 2.45) is 5.92 Å². The molecule has 2 aromatic carbocycles. The number of ether oxygens (including phenoxy) is 4. The van der Waals surface area contributed by atoms with E-state index >= 15 is 0 Å². The highest BCUT2D eigenvalue weighted by atomic mass is 35.5. The lowest BCUT2D eigenvalue weighted by atomic mass is 9.99. The lowest BCUT2D eigenvalue weighted by molar-refractivity contribution is -0.125. The summed E-state index contributed by atoms with van der Waals surface area (Å²) in [7, 11) is 3.27. The van der Waals surface area contributed by atoms with Gasteiger partial charge in [-0.3, -0.25) is 4.79 Å². The molecule has 2 atom stereocenters. The smallest absolute Gasteiger partial charge is 0.225 e. The van der Waals surface area contributed by atoms with Crippen LogP contribution in [0, 0.1) is 5.92 Å². The summed E-state index contributed by atoms with van der Waals surface area (Å²) >= 11 is 6.52. The molecule has 1 N–H and O–H groups in total. The molecule has 2 aromatic rings. The van der Waals surface area contributed by atoms with Crippen LogP contribution in [0.4, 0.5) is 0 Å². The number of amides is 1. The van der Waals surface area contributed by atoms with E-state index in [4.69, 9.17) is 30.5 Å². The summed E-state index contributed by atoms with van der Waals surface area (Å²) in [4.78, 5) is 12.2. The second kappa shape index (κ2) is 8.51. The second-order valence-corrected chi connectivity index (χ2v) is 7.67. The van der Waals surface area contributed by atoms with Gasteiger partial charge in [0.1, 0.15) is 23.4 Å². The van der Waals surface area contributed by atoms with E-state index < -0.39 is 0 Å². The van der Waals surface area contributed by atoms with Gasteiger partial charge >= 0.3 is 0 Å². The zero-order valence-corrected chi connectivity index (χ0v) is 17.3. The topological polar surface area (TPSA) is 66.0 Å². The van der Waals surface area contributed by atoms with Gasteiger partial charge in [-0.15, -0.1) is 0 Å². The van der Waals surface area contributed by atoms with E-state index in [9.17, 15) is 4.79 Å². The van der Waals surface area contributed by atoms with Gasteiger partial charge < -0.3 is 24.3 Å². The molecule has 1 amide bonds. The van der Waals surface area contributed by atoms with Crippen molar-refractivity contribution in [3.8, 4) is 28.4 Å². The molecule has 0 saturated carbocycles. The molecule has 6 nitrogen and oxygen atoms in total. The van der Waals surface area contributed by atoms with Crippen LogP contribution in [-0.2, 0) is 16.0 Å². The molecule has 7 heteroatoms. The number of hydrogen-bond acceptors (Lipinski definition) is 5. The standard InChI is InChI=1S/C22H24ClNO5/c1-26-16-3-4-20(27-2)18(10-16)14-7-15-8-17(29-21(15)19(23)9-14)11-24-22(25)13-5-6-28-12-13/h3-4,7,9-10,13,17H,5-6,8,11-12H2,1-2H3,(H,24,25). The lowest BCUT2D eigenvalue weighted by Crippen LogP contribution is -2.38. The van der Waals surface area contributed by atoms with Crippen LogP contribution in [0.5, 0.6) is 17.2 Å². The molecule has 0 bridgehead atoms. The highest BCUT2D eigenvalue weighted by Crippen LogP contribution is 2.42. The molecule has 154 valence electrons. The number of methoxy groups -OCH3 is 2. The van der Waals surface area contributed by atoms with E-state index in [-0.39, 0.29) is 17.9 Å². The SMILES string of the molecule is COc1ccc(OC)c(-c2cc(Cl)c3c(c2)CC(CNC(=O)C2CCOC2)O3)c1. The van der Waals surface area contributed by atoms with Crippen LogP contribution in [0.3, 0.4) is 0 Å². The Morgan fingerprint density at radius 1 is 1.24 bits per heavy atom. The van der Waals surface area contributed by atoms with Gasteiger partial charge in [0.2, 0.25) is 5.91 Å². The van der Waals surface area contributed by atoms with E-state index in [1.165, 1.54) is 0 Å². The number of benzene rings is 2. The zero-order chi connectivity index (χ0) is 20.4. The molecule has 2 unspecified atom stereocenters. The molecule has 2 aliphatic rings. The summed E-state index contributed by atoms with van der Waals surface area (Å²) in [6, 6.07) is 9.58.